The number of rotatable bonds is 2. The minimum Gasteiger partial charge on any atom is -0.475 e. The van der Waals surface area contributed by atoms with Crippen molar-refractivity contribution in [2.45, 2.75) is 0 Å². The molecule has 0 spiro atoms. The highest BCUT2D eigenvalue weighted by Gasteiger charge is 2.21. The van der Waals surface area contributed by atoms with Crippen molar-refractivity contribution in [3.8, 4) is 0 Å². The van der Waals surface area contributed by atoms with E-state index in [0.29, 0.717) is 15.9 Å². The molecule has 0 saturated heterocycles. The third-order valence-electron chi connectivity index (χ3n) is 2.17. The number of fused-ring (bicyclic) bond motifs is 1. The number of carboxylic acid groups (broad SMARTS) is 1. The monoisotopic (exact) mass is 257 g/mol. The van der Waals surface area contributed by atoms with Crippen LogP contribution >= 0.6 is 23.2 Å². The number of benzene rings is 1. The second-order valence-corrected chi connectivity index (χ2v) is 3.93. The Bertz CT molecular complexity index is 603. The molecule has 0 aliphatic rings. The van der Waals surface area contributed by atoms with Crippen LogP contribution in [0.4, 0.5) is 0 Å². The number of halogens is 2. The summed E-state index contributed by atoms with van der Waals surface area (Å²) >= 11 is 11.8. The van der Waals surface area contributed by atoms with Gasteiger partial charge in [-0.2, -0.15) is 0 Å². The van der Waals surface area contributed by atoms with E-state index < -0.39 is 11.8 Å². The molecule has 0 saturated carbocycles. The van der Waals surface area contributed by atoms with Crippen molar-refractivity contribution < 1.29 is 14.7 Å². The Kier molecular flexibility index (Phi) is 2.61. The minimum atomic E-state index is -1.53. The van der Waals surface area contributed by atoms with E-state index in [1.165, 1.54) is 12.3 Å². The molecule has 1 aromatic heterocycles. The van der Waals surface area contributed by atoms with Gasteiger partial charge in [-0.3, -0.25) is 4.79 Å². The molecule has 0 amide bonds. The van der Waals surface area contributed by atoms with Gasteiger partial charge in [-0.05, 0) is 12.1 Å². The standard InChI is InChI=1S/C10H5Cl2NO3/c11-5-1-2-6(12)8-7(5)4(3-13-8)9(14)10(15)16/h1-3,13H,(H,15,16). The molecule has 1 heterocycles. The van der Waals surface area contributed by atoms with Crippen LogP contribution in [0.5, 0.6) is 0 Å². The summed E-state index contributed by atoms with van der Waals surface area (Å²) in [4.78, 5) is 24.7. The Labute approximate surface area is 99.8 Å². The zero-order valence-electron chi connectivity index (χ0n) is 7.75. The number of carbonyl (C=O) groups excluding carboxylic acids is 1. The molecule has 6 heteroatoms. The largest absolute Gasteiger partial charge is 0.475 e. The van der Waals surface area contributed by atoms with Gasteiger partial charge in [-0.15, -0.1) is 0 Å². The van der Waals surface area contributed by atoms with Crippen LogP contribution in [-0.4, -0.2) is 21.8 Å². The van der Waals surface area contributed by atoms with Crippen LogP contribution in [0.2, 0.25) is 10.0 Å². The van der Waals surface area contributed by atoms with Gasteiger partial charge in [0.25, 0.3) is 5.78 Å². The smallest absolute Gasteiger partial charge is 0.377 e. The molecule has 82 valence electrons. The zero-order valence-corrected chi connectivity index (χ0v) is 9.26. The van der Waals surface area contributed by atoms with Crippen LogP contribution in [0.3, 0.4) is 0 Å². The van der Waals surface area contributed by atoms with E-state index in [1.807, 2.05) is 0 Å². The normalized spacial score (nSPS) is 10.6. The highest BCUT2D eigenvalue weighted by atomic mass is 35.5. The van der Waals surface area contributed by atoms with Crippen LogP contribution in [-0.2, 0) is 4.79 Å². The maximum absolute atomic E-state index is 11.4. The second kappa shape index (κ2) is 3.81. The van der Waals surface area contributed by atoms with E-state index in [-0.39, 0.29) is 10.6 Å². The molecule has 0 aliphatic carbocycles. The number of aliphatic carboxylic acids is 1. The number of aromatic amines is 1. The van der Waals surface area contributed by atoms with Gasteiger partial charge in [0.05, 0.1) is 21.1 Å². The molecular weight excluding hydrogens is 253 g/mol. The predicted molar refractivity (Wildman–Crippen MR) is 60.3 cm³/mol. The fourth-order valence-electron chi connectivity index (χ4n) is 1.47. The molecule has 0 atom stereocenters. The van der Waals surface area contributed by atoms with Crippen LogP contribution in [0.1, 0.15) is 10.4 Å². The third-order valence-corrected chi connectivity index (χ3v) is 2.80. The number of ketones is 1. The topological polar surface area (TPSA) is 70.2 Å². The molecule has 0 fully saturated rings. The molecular formula is C10H5Cl2NO3. The number of hydrogen-bond donors (Lipinski definition) is 2. The van der Waals surface area contributed by atoms with Crippen LogP contribution < -0.4 is 0 Å². The predicted octanol–water partition coefficient (Wildman–Crippen LogP) is 2.74. The minimum absolute atomic E-state index is 0.00926. The maximum Gasteiger partial charge on any atom is 0.377 e. The zero-order chi connectivity index (χ0) is 11.9. The van der Waals surface area contributed by atoms with Crippen molar-refractivity contribution in [2.75, 3.05) is 0 Å². The molecule has 0 bridgehead atoms. The summed E-state index contributed by atoms with van der Waals surface area (Å²) in [7, 11) is 0. The van der Waals surface area contributed by atoms with Crippen molar-refractivity contribution in [3.63, 3.8) is 0 Å². The van der Waals surface area contributed by atoms with Gasteiger partial charge in [0.1, 0.15) is 0 Å². The summed E-state index contributed by atoms with van der Waals surface area (Å²) in [5.41, 5.74) is 0.466. The first-order valence-corrected chi connectivity index (χ1v) is 5.00. The molecule has 4 nitrogen and oxygen atoms in total. The van der Waals surface area contributed by atoms with Crippen molar-refractivity contribution in [2.24, 2.45) is 0 Å². The molecule has 0 radical (unpaired) electrons. The van der Waals surface area contributed by atoms with Crippen molar-refractivity contribution in [1.29, 1.82) is 0 Å². The van der Waals surface area contributed by atoms with Gasteiger partial charge in [0.2, 0.25) is 0 Å². The van der Waals surface area contributed by atoms with Crippen LogP contribution in [0.15, 0.2) is 18.3 Å². The van der Waals surface area contributed by atoms with Gasteiger partial charge < -0.3 is 10.1 Å². The van der Waals surface area contributed by atoms with Gasteiger partial charge in [-0.1, -0.05) is 23.2 Å². The number of carboxylic acids is 1. The van der Waals surface area contributed by atoms with E-state index in [4.69, 9.17) is 28.3 Å². The van der Waals surface area contributed by atoms with E-state index in [0.717, 1.165) is 0 Å². The fraction of sp³-hybridized carbons (Fsp3) is 0. The number of carbonyl (C=O) groups is 2. The Morgan fingerprint density at radius 1 is 1.19 bits per heavy atom. The summed E-state index contributed by atoms with van der Waals surface area (Å²) in [6.07, 6.45) is 1.29. The van der Waals surface area contributed by atoms with Crippen LogP contribution in [0, 0.1) is 0 Å². The van der Waals surface area contributed by atoms with Crippen molar-refractivity contribution >= 4 is 45.9 Å². The molecule has 2 rings (SSSR count). The van der Waals surface area contributed by atoms with Gasteiger partial charge >= 0.3 is 5.97 Å². The Morgan fingerprint density at radius 2 is 1.81 bits per heavy atom. The fourth-order valence-corrected chi connectivity index (χ4v) is 1.94. The number of aromatic nitrogens is 1. The lowest BCUT2D eigenvalue weighted by Gasteiger charge is -1.98. The molecule has 2 N–H and O–H groups in total. The average molecular weight is 258 g/mol. The molecule has 1 aromatic carbocycles. The van der Waals surface area contributed by atoms with Gasteiger partial charge in [0.15, 0.2) is 0 Å². The molecule has 0 unspecified atom stereocenters. The van der Waals surface area contributed by atoms with E-state index in [9.17, 15) is 9.59 Å². The number of nitrogens with one attached hydrogen (secondary N) is 1. The third kappa shape index (κ3) is 1.56. The Balaban J connectivity index is 2.78. The quantitative estimate of drug-likeness (QED) is 0.642. The first kappa shape index (κ1) is 11.0. The molecule has 2 aromatic rings. The van der Waals surface area contributed by atoms with Crippen molar-refractivity contribution in [3.05, 3.63) is 33.9 Å². The number of hydrogen-bond acceptors (Lipinski definition) is 2. The second-order valence-electron chi connectivity index (χ2n) is 3.12. The average Bonchev–Trinajstić information content (AvgIpc) is 2.67. The molecule has 0 aliphatic heterocycles. The lowest BCUT2D eigenvalue weighted by molar-refractivity contribution is -0.131. The Hall–Kier alpha value is -1.52. The maximum atomic E-state index is 11.4. The van der Waals surface area contributed by atoms with Crippen molar-refractivity contribution in [1.82, 2.24) is 4.98 Å². The SMILES string of the molecule is O=C(O)C(=O)c1c[nH]c2c(Cl)ccc(Cl)c12. The first-order chi connectivity index (χ1) is 7.52. The summed E-state index contributed by atoms with van der Waals surface area (Å²) in [5, 5.41) is 9.63. The lowest BCUT2D eigenvalue weighted by atomic mass is 10.1. The van der Waals surface area contributed by atoms with Gasteiger partial charge in [0, 0.05) is 11.6 Å². The lowest BCUT2D eigenvalue weighted by Crippen LogP contribution is -2.12. The summed E-state index contributed by atoms with van der Waals surface area (Å²) in [6.45, 7) is 0. The van der Waals surface area contributed by atoms with Gasteiger partial charge in [-0.25, -0.2) is 4.79 Å². The molecule has 16 heavy (non-hydrogen) atoms. The van der Waals surface area contributed by atoms with Crippen LogP contribution in [0.25, 0.3) is 10.9 Å². The first-order valence-electron chi connectivity index (χ1n) is 4.25. The van der Waals surface area contributed by atoms with E-state index >= 15 is 0 Å². The Morgan fingerprint density at radius 3 is 2.44 bits per heavy atom. The summed E-state index contributed by atoms with van der Waals surface area (Å²) in [5.74, 6) is -2.55. The number of Topliss-reactive ketones (excluding diaryl/α,β-unsaturated/α-hetero) is 1. The highest BCUT2D eigenvalue weighted by Crippen LogP contribution is 2.31. The highest BCUT2D eigenvalue weighted by molar-refractivity contribution is 6.46. The number of H-pyrrole nitrogens is 1. The van der Waals surface area contributed by atoms with E-state index in [2.05, 4.69) is 4.98 Å². The van der Waals surface area contributed by atoms with E-state index in [1.54, 1.807) is 6.07 Å². The summed E-state index contributed by atoms with van der Waals surface area (Å²) in [6, 6.07) is 3.08. The summed E-state index contributed by atoms with van der Waals surface area (Å²) < 4.78 is 0.